The number of furan rings is 1. The molecule has 0 saturated heterocycles. The van der Waals surface area contributed by atoms with E-state index in [0.29, 0.717) is 30.2 Å². The highest BCUT2D eigenvalue weighted by Gasteiger charge is 2.09. The van der Waals surface area contributed by atoms with E-state index in [9.17, 15) is 9.59 Å². The molecule has 7 nitrogen and oxygen atoms in total. The molecule has 3 aromatic carbocycles. The number of hydrogen-bond acceptors (Lipinski definition) is 5. The summed E-state index contributed by atoms with van der Waals surface area (Å²) >= 11 is 0. The fraction of sp³-hybridized carbons (Fsp3) is 0.111. The zero-order valence-corrected chi connectivity index (χ0v) is 18.5. The van der Waals surface area contributed by atoms with E-state index in [1.807, 2.05) is 54.6 Å². The van der Waals surface area contributed by atoms with Gasteiger partial charge in [0.2, 0.25) is 5.91 Å². The van der Waals surface area contributed by atoms with Gasteiger partial charge in [0.05, 0.1) is 19.4 Å². The minimum atomic E-state index is -0.250. The summed E-state index contributed by atoms with van der Waals surface area (Å²) in [7, 11) is 0. The summed E-state index contributed by atoms with van der Waals surface area (Å²) in [4.78, 5) is 24.7. The minimum absolute atomic E-state index is 0.0825. The molecule has 1 heterocycles. The second-order valence-corrected chi connectivity index (χ2v) is 7.54. The van der Waals surface area contributed by atoms with Gasteiger partial charge in [-0.1, -0.05) is 36.4 Å². The fourth-order valence-electron chi connectivity index (χ4n) is 3.22. The van der Waals surface area contributed by atoms with E-state index in [0.717, 1.165) is 17.0 Å². The molecule has 7 heteroatoms. The number of hydrogen-bond donors (Lipinski definition) is 3. The zero-order valence-electron chi connectivity index (χ0n) is 18.5. The van der Waals surface area contributed by atoms with Gasteiger partial charge in [-0.3, -0.25) is 9.59 Å². The standard InChI is InChI=1S/C27H25N3O4/c31-26(18-28-22-11-13-24(14-12-22)34-19-20-6-2-1-3-7-20)30-23-9-4-8-21(16-23)27(32)29-17-25-10-5-15-33-25/h1-16,28H,17-19H2,(H,29,32)(H,30,31). The number of benzene rings is 3. The third-order valence-electron chi connectivity index (χ3n) is 4.97. The molecule has 0 atom stereocenters. The van der Waals surface area contributed by atoms with Crippen molar-refractivity contribution >= 4 is 23.2 Å². The molecule has 0 aliphatic heterocycles. The highest BCUT2D eigenvalue weighted by molar-refractivity contribution is 5.98. The van der Waals surface area contributed by atoms with E-state index < -0.39 is 0 Å². The topological polar surface area (TPSA) is 92.6 Å². The molecule has 172 valence electrons. The highest BCUT2D eigenvalue weighted by Crippen LogP contribution is 2.17. The average molecular weight is 456 g/mol. The van der Waals surface area contributed by atoms with Crippen LogP contribution in [0.1, 0.15) is 21.7 Å². The molecular formula is C27H25N3O4. The summed E-state index contributed by atoms with van der Waals surface area (Å²) in [6, 6.07) is 27.7. The van der Waals surface area contributed by atoms with Crippen molar-refractivity contribution in [1.29, 1.82) is 0 Å². The van der Waals surface area contributed by atoms with Crippen LogP contribution in [-0.4, -0.2) is 18.4 Å². The quantitative estimate of drug-likeness (QED) is 0.318. The van der Waals surface area contributed by atoms with Crippen LogP contribution in [0.5, 0.6) is 5.75 Å². The van der Waals surface area contributed by atoms with Gasteiger partial charge in [-0.2, -0.15) is 0 Å². The number of amides is 2. The van der Waals surface area contributed by atoms with E-state index in [1.165, 1.54) is 0 Å². The van der Waals surface area contributed by atoms with E-state index in [1.54, 1.807) is 42.7 Å². The first-order valence-corrected chi connectivity index (χ1v) is 10.9. The summed E-state index contributed by atoms with van der Waals surface area (Å²) in [6.07, 6.45) is 1.56. The van der Waals surface area contributed by atoms with Crippen LogP contribution in [0.3, 0.4) is 0 Å². The molecule has 0 aliphatic rings. The first kappa shape index (κ1) is 22.7. The summed E-state index contributed by atoms with van der Waals surface area (Å²) < 4.78 is 11.0. The Labute approximate surface area is 197 Å². The lowest BCUT2D eigenvalue weighted by molar-refractivity contribution is -0.114. The lowest BCUT2D eigenvalue weighted by Gasteiger charge is -2.10. The molecule has 2 amide bonds. The van der Waals surface area contributed by atoms with Crippen molar-refractivity contribution in [3.63, 3.8) is 0 Å². The second kappa shape index (κ2) is 11.4. The van der Waals surface area contributed by atoms with Crippen molar-refractivity contribution in [2.24, 2.45) is 0 Å². The first-order valence-electron chi connectivity index (χ1n) is 10.9. The lowest BCUT2D eigenvalue weighted by atomic mass is 10.2. The summed E-state index contributed by atoms with van der Waals surface area (Å²) in [5.41, 5.74) is 2.89. The van der Waals surface area contributed by atoms with Crippen LogP contribution in [0.4, 0.5) is 11.4 Å². The van der Waals surface area contributed by atoms with Crippen molar-refractivity contribution in [1.82, 2.24) is 5.32 Å². The van der Waals surface area contributed by atoms with Gasteiger partial charge in [-0.05, 0) is 60.2 Å². The Morgan fingerprint density at radius 1 is 0.824 bits per heavy atom. The summed E-state index contributed by atoms with van der Waals surface area (Å²) in [6.45, 7) is 0.873. The van der Waals surface area contributed by atoms with Gasteiger partial charge in [0.1, 0.15) is 18.1 Å². The van der Waals surface area contributed by atoms with Gasteiger partial charge < -0.3 is 25.1 Å². The van der Waals surface area contributed by atoms with Crippen LogP contribution < -0.4 is 20.7 Å². The monoisotopic (exact) mass is 455 g/mol. The molecule has 4 aromatic rings. The molecule has 0 radical (unpaired) electrons. The first-order chi connectivity index (χ1) is 16.7. The minimum Gasteiger partial charge on any atom is -0.489 e. The van der Waals surface area contributed by atoms with Gasteiger partial charge in [-0.25, -0.2) is 0 Å². The maximum absolute atomic E-state index is 12.4. The fourth-order valence-corrected chi connectivity index (χ4v) is 3.22. The number of nitrogens with one attached hydrogen (secondary N) is 3. The third kappa shape index (κ3) is 6.74. The number of anilines is 2. The zero-order chi connectivity index (χ0) is 23.6. The predicted octanol–water partition coefficient (Wildman–Crippen LogP) is 4.84. The molecule has 3 N–H and O–H groups in total. The normalized spacial score (nSPS) is 10.4. The van der Waals surface area contributed by atoms with Crippen LogP contribution >= 0.6 is 0 Å². The van der Waals surface area contributed by atoms with Crippen LogP contribution in [-0.2, 0) is 17.9 Å². The molecule has 0 aliphatic carbocycles. The molecule has 0 bridgehead atoms. The molecule has 4 rings (SSSR count). The van der Waals surface area contributed by atoms with E-state index in [2.05, 4.69) is 16.0 Å². The van der Waals surface area contributed by atoms with Gasteiger partial charge >= 0.3 is 0 Å². The maximum atomic E-state index is 12.4. The van der Waals surface area contributed by atoms with Crippen molar-refractivity contribution in [3.05, 3.63) is 114 Å². The van der Waals surface area contributed by atoms with E-state index >= 15 is 0 Å². The van der Waals surface area contributed by atoms with Gasteiger partial charge in [0.15, 0.2) is 0 Å². The summed E-state index contributed by atoms with van der Waals surface area (Å²) in [5, 5.41) is 8.67. The molecular weight excluding hydrogens is 430 g/mol. The smallest absolute Gasteiger partial charge is 0.251 e. The van der Waals surface area contributed by atoms with Crippen LogP contribution in [0.2, 0.25) is 0 Å². The Morgan fingerprint density at radius 3 is 2.41 bits per heavy atom. The SMILES string of the molecule is O=C(CNc1ccc(OCc2ccccc2)cc1)Nc1cccc(C(=O)NCc2ccco2)c1. The Kier molecular flexibility index (Phi) is 7.58. The van der Waals surface area contributed by atoms with Crippen LogP contribution in [0, 0.1) is 0 Å². The van der Waals surface area contributed by atoms with Gasteiger partial charge in [-0.15, -0.1) is 0 Å². The predicted molar refractivity (Wildman–Crippen MR) is 131 cm³/mol. The Morgan fingerprint density at radius 2 is 1.65 bits per heavy atom. The Hall–Kier alpha value is -4.52. The van der Waals surface area contributed by atoms with E-state index in [-0.39, 0.29) is 18.4 Å². The highest BCUT2D eigenvalue weighted by atomic mass is 16.5. The van der Waals surface area contributed by atoms with Crippen molar-refractivity contribution in [2.45, 2.75) is 13.2 Å². The third-order valence-corrected chi connectivity index (χ3v) is 4.97. The maximum Gasteiger partial charge on any atom is 0.251 e. The number of ether oxygens (including phenoxy) is 1. The van der Waals surface area contributed by atoms with Crippen LogP contribution in [0.15, 0.2) is 102 Å². The van der Waals surface area contributed by atoms with Crippen LogP contribution in [0.25, 0.3) is 0 Å². The van der Waals surface area contributed by atoms with Gasteiger partial charge in [0, 0.05) is 16.9 Å². The number of rotatable bonds is 10. The van der Waals surface area contributed by atoms with Crippen molar-refractivity contribution in [3.8, 4) is 5.75 Å². The van der Waals surface area contributed by atoms with E-state index in [4.69, 9.17) is 9.15 Å². The molecule has 1 aromatic heterocycles. The average Bonchev–Trinajstić information content (AvgIpc) is 3.40. The number of carbonyl (C=O) groups excluding carboxylic acids is 2. The number of carbonyl (C=O) groups is 2. The molecule has 0 spiro atoms. The second-order valence-electron chi connectivity index (χ2n) is 7.54. The molecule has 34 heavy (non-hydrogen) atoms. The lowest BCUT2D eigenvalue weighted by Crippen LogP contribution is -2.24. The molecule has 0 unspecified atom stereocenters. The Bertz CT molecular complexity index is 1210. The van der Waals surface area contributed by atoms with Gasteiger partial charge in [0.25, 0.3) is 5.91 Å². The Balaban J connectivity index is 1.23. The largest absolute Gasteiger partial charge is 0.489 e. The van der Waals surface area contributed by atoms with Crippen molar-refractivity contribution < 1.29 is 18.7 Å². The molecule has 0 saturated carbocycles. The molecule has 0 fully saturated rings. The summed E-state index contributed by atoms with van der Waals surface area (Å²) in [5.74, 6) is 0.943. The van der Waals surface area contributed by atoms with Crippen molar-refractivity contribution in [2.75, 3.05) is 17.2 Å².